The van der Waals surface area contributed by atoms with Crippen LogP contribution in [0.25, 0.3) is 0 Å². The summed E-state index contributed by atoms with van der Waals surface area (Å²) < 4.78 is 36.0. The highest BCUT2D eigenvalue weighted by Crippen LogP contribution is 2.37. The van der Waals surface area contributed by atoms with Crippen molar-refractivity contribution in [2.75, 3.05) is 19.8 Å². The Balaban J connectivity index is 1.56. The molecule has 14 nitrogen and oxygen atoms in total. The third kappa shape index (κ3) is 6.79. The molecule has 15 atom stereocenters. The van der Waals surface area contributed by atoms with Crippen LogP contribution in [0.3, 0.4) is 0 Å². The van der Waals surface area contributed by atoms with Crippen molar-refractivity contribution in [1.29, 1.82) is 0 Å². The summed E-state index contributed by atoms with van der Waals surface area (Å²) in [5, 5.41) is 71.3. The van der Waals surface area contributed by atoms with Crippen LogP contribution in [0.15, 0.2) is 0 Å². The zero-order valence-electron chi connectivity index (χ0n) is 22.8. The van der Waals surface area contributed by atoms with Crippen LogP contribution in [0.4, 0.5) is 0 Å². The molecular weight excluding hydrogens is 536 g/mol. The Morgan fingerprint density at radius 2 is 1.55 bits per heavy atom. The number of aliphatic hydroxyl groups excluding tert-OH is 6. The van der Waals surface area contributed by atoms with Gasteiger partial charge in [0.05, 0.1) is 24.9 Å². The van der Waals surface area contributed by atoms with Gasteiger partial charge in [-0.1, -0.05) is 13.3 Å². The fourth-order valence-electron chi connectivity index (χ4n) is 6.08. The lowest BCUT2D eigenvalue weighted by atomic mass is 9.85. The predicted octanol–water partition coefficient (Wildman–Crippen LogP) is -1.89. The number of carboxylic acids is 1. The second-order valence-electron chi connectivity index (χ2n) is 11.4. The minimum Gasteiger partial charge on any atom is -0.479 e. The third-order valence-corrected chi connectivity index (χ3v) is 8.52. The molecule has 0 spiro atoms. The van der Waals surface area contributed by atoms with E-state index in [9.17, 15) is 40.5 Å². The Labute approximate surface area is 232 Å². The smallest absolute Gasteiger partial charge is 0.333 e. The lowest BCUT2D eigenvalue weighted by Crippen LogP contribution is -2.63. The maximum Gasteiger partial charge on any atom is 0.333 e. The van der Waals surface area contributed by atoms with Crippen molar-refractivity contribution < 1.29 is 69.0 Å². The summed E-state index contributed by atoms with van der Waals surface area (Å²) in [5.74, 6) is -2.08. The molecule has 0 amide bonds. The fourth-order valence-corrected chi connectivity index (χ4v) is 6.08. The largest absolute Gasteiger partial charge is 0.479 e. The zero-order valence-corrected chi connectivity index (χ0v) is 22.8. The number of rotatable bonds is 7. The SMILES string of the molecule is CC1CCC[C@@H](O[C@@H]2OC(CO)[C@H](O)C3O[C@@H](C(=O)O)[C@H](CO)CCCOC32)C1O[C@@H]1OC(C)[C@@H](O)C(O)[C@@H]1O. The van der Waals surface area contributed by atoms with Crippen molar-refractivity contribution in [2.45, 2.75) is 126 Å². The van der Waals surface area contributed by atoms with E-state index in [1.54, 1.807) is 6.92 Å². The molecule has 14 heteroatoms. The van der Waals surface area contributed by atoms with E-state index in [4.69, 9.17) is 28.4 Å². The molecule has 0 bridgehead atoms. The first-order valence-corrected chi connectivity index (χ1v) is 14.1. The standard InChI is InChI=1S/C26H44O14/c1-11-5-3-7-14(20(11)40-25-19(32)18(31)16(29)12(2)36-25)37-26-23-22(17(30)15(10-28)38-26)39-21(24(33)34)13(9-27)6-4-8-35-23/h11-23,25-32H,3-10H2,1-2H3,(H,33,34)/t11?,12?,13-,14+,15?,16+,17-,18?,19-,20?,21+,22?,23?,25-,26+/m0/s1. The highest BCUT2D eigenvalue weighted by molar-refractivity contribution is 5.72. The zero-order chi connectivity index (χ0) is 29.1. The van der Waals surface area contributed by atoms with E-state index >= 15 is 0 Å². The van der Waals surface area contributed by atoms with Crippen molar-refractivity contribution in [1.82, 2.24) is 0 Å². The number of ether oxygens (including phenoxy) is 6. The first-order chi connectivity index (χ1) is 19.1. The van der Waals surface area contributed by atoms with Crippen LogP contribution >= 0.6 is 0 Å². The quantitative estimate of drug-likeness (QED) is 0.175. The molecule has 1 saturated carbocycles. The summed E-state index contributed by atoms with van der Waals surface area (Å²) in [6.45, 7) is 2.64. The monoisotopic (exact) mass is 580 g/mol. The van der Waals surface area contributed by atoms with Gasteiger partial charge in [-0.05, 0) is 38.5 Å². The van der Waals surface area contributed by atoms with Gasteiger partial charge >= 0.3 is 5.97 Å². The molecule has 40 heavy (non-hydrogen) atoms. The molecule has 1 aliphatic carbocycles. The van der Waals surface area contributed by atoms with E-state index in [0.717, 1.165) is 12.8 Å². The van der Waals surface area contributed by atoms with Crippen molar-refractivity contribution >= 4 is 5.97 Å². The van der Waals surface area contributed by atoms with Gasteiger partial charge in [0.25, 0.3) is 0 Å². The molecule has 3 aliphatic heterocycles. The lowest BCUT2D eigenvalue weighted by Gasteiger charge is -2.47. The van der Waals surface area contributed by atoms with Gasteiger partial charge in [-0.2, -0.15) is 0 Å². The first-order valence-electron chi connectivity index (χ1n) is 14.1. The minimum absolute atomic E-state index is 0.0631. The molecule has 4 aliphatic rings. The van der Waals surface area contributed by atoms with E-state index in [0.29, 0.717) is 19.3 Å². The van der Waals surface area contributed by atoms with Gasteiger partial charge in [0, 0.05) is 19.1 Å². The average Bonchev–Trinajstić information content (AvgIpc) is 3.02. The highest BCUT2D eigenvalue weighted by atomic mass is 16.7. The molecule has 0 radical (unpaired) electrons. The minimum atomic E-state index is -1.50. The summed E-state index contributed by atoms with van der Waals surface area (Å²) >= 11 is 0. The molecule has 232 valence electrons. The third-order valence-electron chi connectivity index (χ3n) is 8.52. The molecule has 3 saturated heterocycles. The van der Waals surface area contributed by atoms with E-state index in [-0.39, 0.29) is 12.5 Å². The second-order valence-corrected chi connectivity index (χ2v) is 11.4. The van der Waals surface area contributed by atoms with Crippen molar-refractivity contribution in [3.05, 3.63) is 0 Å². The van der Waals surface area contributed by atoms with Gasteiger partial charge < -0.3 is 64.2 Å². The predicted molar refractivity (Wildman–Crippen MR) is 133 cm³/mol. The van der Waals surface area contributed by atoms with E-state index in [2.05, 4.69) is 0 Å². The van der Waals surface area contributed by atoms with Crippen molar-refractivity contribution in [2.24, 2.45) is 11.8 Å². The van der Waals surface area contributed by atoms with Gasteiger partial charge in [-0.3, -0.25) is 0 Å². The number of fused-ring (bicyclic) bond motifs is 1. The molecule has 0 aromatic heterocycles. The van der Waals surface area contributed by atoms with Crippen LogP contribution in [0.2, 0.25) is 0 Å². The Kier molecular flexibility index (Phi) is 11.1. The number of hydrogen-bond donors (Lipinski definition) is 7. The van der Waals surface area contributed by atoms with Gasteiger partial charge in [-0.25, -0.2) is 4.79 Å². The summed E-state index contributed by atoms with van der Waals surface area (Å²) in [6.07, 6.45) is -12.2. The molecular formula is C26H44O14. The van der Waals surface area contributed by atoms with Crippen molar-refractivity contribution in [3.8, 4) is 0 Å². The number of hydrogen-bond acceptors (Lipinski definition) is 13. The topological polar surface area (TPSA) is 214 Å². The van der Waals surface area contributed by atoms with Crippen LogP contribution < -0.4 is 0 Å². The number of aliphatic carboxylic acids is 1. The van der Waals surface area contributed by atoms with Crippen LogP contribution in [0, 0.1) is 11.8 Å². The Bertz CT molecular complexity index is 816. The number of aliphatic hydroxyl groups is 6. The highest BCUT2D eigenvalue weighted by Gasteiger charge is 2.52. The van der Waals surface area contributed by atoms with Gasteiger partial charge in [0.1, 0.15) is 42.7 Å². The molecule has 7 N–H and O–H groups in total. The summed E-state index contributed by atoms with van der Waals surface area (Å²) in [4.78, 5) is 12.0. The Hall–Kier alpha value is -1.01. The van der Waals surface area contributed by atoms with E-state index in [1.807, 2.05) is 6.92 Å². The maximum atomic E-state index is 12.0. The van der Waals surface area contributed by atoms with Crippen LogP contribution in [0.1, 0.15) is 46.0 Å². The van der Waals surface area contributed by atoms with Crippen LogP contribution in [-0.2, 0) is 33.2 Å². The van der Waals surface area contributed by atoms with Gasteiger partial charge in [0.15, 0.2) is 18.7 Å². The van der Waals surface area contributed by atoms with Crippen LogP contribution in [0.5, 0.6) is 0 Å². The normalized spacial score (nSPS) is 48.9. The molecule has 3 heterocycles. The fraction of sp³-hybridized carbons (Fsp3) is 0.962. The van der Waals surface area contributed by atoms with E-state index in [1.165, 1.54) is 0 Å². The summed E-state index contributed by atoms with van der Waals surface area (Å²) in [6, 6.07) is 0. The number of carboxylic acid groups (broad SMARTS) is 1. The lowest BCUT2D eigenvalue weighted by molar-refractivity contribution is -0.352. The second kappa shape index (κ2) is 14.0. The molecule has 4 rings (SSSR count). The van der Waals surface area contributed by atoms with Crippen LogP contribution in [-0.4, -0.2) is 141 Å². The van der Waals surface area contributed by atoms with Gasteiger partial charge in [0.2, 0.25) is 0 Å². The molecule has 4 fully saturated rings. The molecule has 7 unspecified atom stereocenters. The number of carbonyl (C=O) groups is 1. The van der Waals surface area contributed by atoms with Gasteiger partial charge in [-0.15, -0.1) is 0 Å². The Morgan fingerprint density at radius 3 is 2.23 bits per heavy atom. The Morgan fingerprint density at radius 1 is 0.800 bits per heavy atom. The first kappa shape index (κ1) is 31.9. The maximum absolute atomic E-state index is 12.0. The molecule has 0 aromatic rings. The summed E-state index contributed by atoms with van der Waals surface area (Å²) in [5.41, 5.74) is 0. The van der Waals surface area contributed by atoms with Crippen molar-refractivity contribution in [3.63, 3.8) is 0 Å². The molecule has 0 aromatic carbocycles. The van der Waals surface area contributed by atoms with E-state index < -0.39 is 105 Å². The average molecular weight is 581 g/mol. The summed E-state index contributed by atoms with van der Waals surface area (Å²) in [7, 11) is 0.